The molecule has 6 fully saturated rings. The predicted molar refractivity (Wildman–Crippen MR) is 268 cm³/mol. The van der Waals surface area contributed by atoms with Crippen molar-refractivity contribution < 1.29 is 366 Å². The van der Waals surface area contributed by atoms with Gasteiger partial charge in [0.1, 0.15) is 128 Å². The van der Waals surface area contributed by atoms with Gasteiger partial charge in [-0.1, -0.05) is 30.3 Å². The molecule has 30 atom stereocenters. The van der Waals surface area contributed by atoms with E-state index in [1.54, 1.807) is 6.07 Å². The topological polar surface area (TPSA) is 700 Å². The minimum Gasteiger partial charge on any atom is -0.726 e. The third-order valence-corrected chi connectivity index (χ3v) is 16.0. The van der Waals surface area contributed by atoms with E-state index in [-0.39, 0.29) is 177 Å². The first kappa shape index (κ1) is 98.2. The van der Waals surface area contributed by atoms with E-state index in [9.17, 15) is 115 Å². The molecule has 6 heterocycles. The number of hydrogen-bond acceptors (Lipinski definition) is 43. The fourth-order valence-electron chi connectivity index (χ4n) is 10.3. The Kier molecular flexibility index (Phi) is 42.5. The van der Waals surface area contributed by atoms with Crippen molar-refractivity contribution in [2.75, 3.05) is 19.8 Å². The number of carboxylic acids is 3. The first-order chi connectivity index (χ1) is 42.8. The van der Waals surface area contributed by atoms with Crippen LogP contribution in [-0.4, -0.2) is 313 Å². The predicted octanol–water partition coefficient (Wildman–Crippen LogP) is -33.8. The van der Waals surface area contributed by atoms with Gasteiger partial charge in [-0.15, -0.1) is 0 Å². The number of nitrogens with two attached hydrogens (primary N) is 3. The van der Waals surface area contributed by atoms with Gasteiger partial charge in [-0.25, -0.2) is 25.3 Å². The molecule has 0 spiro atoms. The molecule has 52 heteroatoms. The Labute approximate surface area is 690 Å². The molecule has 6 aliphatic rings. The maximum Gasteiger partial charge on any atom is 1.00 e. The van der Waals surface area contributed by atoms with Crippen molar-refractivity contribution >= 4 is 49.1 Å². The van der Waals surface area contributed by atoms with Crippen LogP contribution >= 0.6 is 0 Å². The molecule has 43 nitrogen and oxygen atoms in total. The number of hydrogen-bond donors (Lipinski definition) is 12. The van der Waals surface area contributed by atoms with Crippen molar-refractivity contribution in [3.63, 3.8) is 0 Å². The number of carbonyl (C=O) groups excluding carboxylic acids is 3. The summed E-state index contributed by atoms with van der Waals surface area (Å²) in [6.45, 7) is -1.85. The molecule has 7 rings (SSSR count). The third-order valence-electron chi connectivity index (χ3n) is 14.8. The minimum absolute atomic E-state index is 0. The van der Waals surface area contributed by atoms with Gasteiger partial charge >= 0.3 is 177 Å². The number of carboxylic acid groups (broad SMARTS) is 3. The van der Waals surface area contributed by atoms with Crippen LogP contribution < -0.4 is 210 Å². The SMILES string of the molecule is CC(C)O[C@@H]1O[C@@H](C(=O)[O-])[C@@H](O[C@H]2O[C@H](COS(=O)(=O)[O-])[C@@H](O[C@@H]3O[C@@H](C(=O)[O-])[C@@H](O[C@H]4O[C@H](COS(=O)(=O)[O-])[C@@H](O[C@@H]5O[C@@H](C(=O)[O-])[C@@H](O[C@H]6O[C@H](COS(=O)(=O)[O-])[C@@H](O)[C@H](O)[C@H]6N)[C@H](O)[C@H]5O)[C@H](OCc5ccccc5)[C@H]4N)[C@H](O)[C@H]3O)[C@H](O)[C@H]2N)[C@H](O)[C@H]1O.[Na+].[Na+].[Na+].[Na+].[Na+].[Na+]. The Morgan fingerprint density at radius 2 is 0.745 bits per heavy atom. The van der Waals surface area contributed by atoms with E-state index in [0.29, 0.717) is 5.56 Å². The number of aliphatic hydroxyl groups is 9. The summed E-state index contributed by atoms with van der Waals surface area (Å²) in [5, 5.41) is 138. The van der Waals surface area contributed by atoms with Crippen molar-refractivity contribution in [1.82, 2.24) is 0 Å². The van der Waals surface area contributed by atoms with Crippen molar-refractivity contribution in [3.05, 3.63) is 35.9 Å². The van der Waals surface area contributed by atoms with Gasteiger partial charge in [-0.3, -0.25) is 12.5 Å². The van der Waals surface area contributed by atoms with Crippen LogP contribution in [0, 0.1) is 0 Å². The second kappa shape index (κ2) is 42.4. The first-order valence-corrected chi connectivity index (χ1v) is 31.1. The first-order valence-electron chi connectivity index (χ1n) is 27.1. The molecule has 1 aromatic carbocycles. The number of aliphatic hydroxyl groups excluding tert-OH is 9. The fourth-order valence-corrected chi connectivity index (χ4v) is 11.2. The van der Waals surface area contributed by atoms with Gasteiger partial charge in [0.05, 0.1) is 68.6 Å². The second-order valence-corrected chi connectivity index (χ2v) is 24.7. The van der Waals surface area contributed by atoms with Crippen LogP contribution in [0.25, 0.3) is 0 Å². The third kappa shape index (κ3) is 25.9. The smallest absolute Gasteiger partial charge is 0.726 e. The summed E-state index contributed by atoms with van der Waals surface area (Å²) in [6, 6.07) is 1.62. The zero-order valence-corrected chi connectivity index (χ0v) is 67.7. The Morgan fingerprint density at radius 1 is 0.418 bits per heavy atom. The molecule has 0 radical (unpaired) electrons. The largest absolute Gasteiger partial charge is 1.00 e. The van der Waals surface area contributed by atoms with Crippen molar-refractivity contribution in [3.8, 4) is 0 Å². The van der Waals surface area contributed by atoms with Gasteiger partial charge in [0.2, 0.25) is 31.2 Å². The van der Waals surface area contributed by atoms with E-state index in [4.69, 9.17) is 78.8 Å². The van der Waals surface area contributed by atoms with Gasteiger partial charge in [0.15, 0.2) is 37.7 Å². The van der Waals surface area contributed by atoms with Crippen LogP contribution in [-0.2, 0) is 126 Å². The van der Waals surface area contributed by atoms with Crippen molar-refractivity contribution in [1.29, 1.82) is 0 Å². The summed E-state index contributed by atoms with van der Waals surface area (Å²) in [4.78, 5) is 37.8. The molecule has 15 N–H and O–H groups in total. The molecular formula is C46H65N3Na6O40S3. The van der Waals surface area contributed by atoms with Crippen LogP contribution in [0.15, 0.2) is 30.3 Å². The van der Waals surface area contributed by atoms with Crippen LogP contribution in [0.3, 0.4) is 0 Å². The zero-order chi connectivity index (χ0) is 68.4. The molecule has 0 aromatic heterocycles. The molecule has 0 unspecified atom stereocenters. The van der Waals surface area contributed by atoms with Crippen LogP contribution in [0.5, 0.6) is 0 Å². The number of ether oxygens (including phenoxy) is 13. The minimum atomic E-state index is -5.77. The standard InChI is InChI=1S/C46H71N3O40S3.6Na/c1-12(2)78-44-26(56)23(53)32(35(87-44)38(59)60)85-42-18(48)22(52)29(15(80-42)10-76-91(68,69)70)82-45-27(57)24(54)34(37(88-45)40(63)64)86-43-19(49)31(74-8-13-6-4-3-5-7-13)30(16(81-43)11-77-92(71,72)73)83-46-28(58)25(55)33(36(89-46)39(61)62)84-41-17(47)21(51)20(50)14(79-41)9-75-90(65,66)67;;;;;;/h3-7,12,14-37,41-46,50-58H,8-11,47-49H2,1-2H3,(H,59,60)(H,61,62)(H,63,64)(H,65,66,67)(H,68,69,70)(H,71,72,73);;;;;;/q;6*+1/p-6/t14-,15-,16-,17-,18-,19-,20-,21-,22-,23-,24-,25-,26-,27-,28-,29-,30-,31-,32+,33+,34+,35-,36-,37-,41-,42-,43-,44-,45-,46-;;;;;;/m1....../s1. The molecule has 98 heavy (non-hydrogen) atoms. The molecule has 0 bridgehead atoms. The molecule has 6 aliphatic heterocycles. The summed E-state index contributed by atoms with van der Waals surface area (Å²) in [5.74, 6) is -6.67. The number of aliphatic carboxylic acids is 3. The Morgan fingerprint density at radius 3 is 1.13 bits per heavy atom. The normalized spacial score (nSPS) is 39.9. The molecule has 6 saturated heterocycles. The van der Waals surface area contributed by atoms with Crippen LogP contribution in [0.2, 0.25) is 0 Å². The summed E-state index contributed by atoms with van der Waals surface area (Å²) in [5.41, 5.74) is 19.0. The quantitative estimate of drug-likeness (QED) is 0.0221. The number of benzene rings is 1. The Bertz CT molecular complexity index is 3000. The monoisotopic (exact) mass is 1530 g/mol. The van der Waals surface area contributed by atoms with Gasteiger partial charge in [0.25, 0.3) is 0 Å². The Hall–Kier alpha value is 2.24. The molecule has 0 aliphatic carbocycles. The molecule has 1 aromatic rings. The average Bonchev–Trinajstić information content (AvgIpc) is 0.775. The van der Waals surface area contributed by atoms with E-state index in [1.807, 2.05) is 0 Å². The van der Waals surface area contributed by atoms with Gasteiger partial charge in [-0.2, -0.15) is 0 Å². The zero-order valence-electron chi connectivity index (χ0n) is 53.3. The fraction of sp³-hybridized carbons (Fsp3) is 0.804. The van der Waals surface area contributed by atoms with Gasteiger partial charge in [-0.05, 0) is 19.4 Å². The van der Waals surface area contributed by atoms with Gasteiger partial charge in [0, 0.05) is 0 Å². The van der Waals surface area contributed by atoms with E-state index >= 15 is 0 Å². The van der Waals surface area contributed by atoms with Crippen molar-refractivity contribution in [2.45, 2.75) is 211 Å². The van der Waals surface area contributed by atoms with Crippen LogP contribution in [0.4, 0.5) is 0 Å². The van der Waals surface area contributed by atoms with Crippen LogP contribution in [0.1, 0.15) is 19.4 Å². The average molecular weight is 1530 g/mol. The maximum atomic E-state index is 12.9. The van der Waals surface area contributed by atoms with E-state index in [2.05, 4.69) is 12.5 Å². The maximum absolute atomic E-state index is 12.9. The molecular weight excluding hydrogens is 1470 g/mol. The number of rotatable bonds is 27. The van der Waals surface area contributed by atoms with E-state index in [1.165, 1.54) is 38.1 Å². The molecule has 528 valence electrons. The van der Waals surface area contributed by atoms with E-state index < -0.39 is 266 Å². The molecule has 0 amide bonds. The summed E-state index contributed by atoms with van der Waals surface area (Å²) >= 11 is 0. The summed E-state index contributed by atoms with van der Waals surface area (Å²) in [6.07, 6.45) is -63.0. The van der Waals surface area contributed by atoms with Crippen molar-refractivity contribution in [2.24, 2.45) is 17.2 Å². The Balaban J connectivity index is 0.00000800. The second-order valence-electron chi connectivity index (χ2n) is 21.5. The number of carbonyl (C=O) groups is 3. The molecule has 0 saturated carbocycles. The van der Waals surface area contributed by atoms with E-state index in [0.717, 1.165) is 0 Å². The summed E-state index contributed by atoms with van der Waals surface area (Å²) < 4.78 is 190. The van der Waals surface area contributed by atoms with Gasteiger partial charge < -0.3 is 168 Å². The summed E-state index contributed by atoms with van der Waals surface area (Å²) in [7, 11) is -16.9.